The van der Waals surface area contributed by atoms with Crippen LogP contribution in [0.1, 0.15) is 65.9 Å². The molecule has 5 N–H and O–H groups in total. The van der Waals surface area contributed by atoms with Crippen LogP contribution in [0.25, 0.3) is 0 Å². The van der Waals surface area contributed by atoms with E-state index in [2.05, 4.69) is 9.69 Å². The minimum absolute atomic E-state index is 0.0309. The van der Waals surface area contributed by atoms with Gasteiger partial charge in [-0.25, -0.2) is 0 Å². The molecule has 0 aliphatic heterocycles. The van der Waals surface area contributed by atoms with E-state index in [9.17, 15) is 14.4 Å². The number of benzene rings is 1. The summed E-state index contributed by atoms with van der Waals surface area (Å²) in [4.78, 5) is 40.2. The first-order valence-electron chi connectivity index (χ1n) is 11.0. The van der Waals surface area contributed by atoms with Gasteiger partial charge in [-0.1, -0.05) is 19.1 Å². The molecular weight excluding hydrogens is 458 g/mol. The van der Waals surface area contributed by atoms with E-state index in [0.717, 1.165) is 11.5 Å². The van der Waals surface area contributed by atoms with Crippen LogP contribution in [0, 0.1) is 0 Å². The number of amides is 3. The van der Waals surface area contributed by atoms with Gasteiger partial charge in [0.05, 0.1) is 18.9 Å². The summed E-state index contributed by atoms with van der Waals surface area (Å²) in [5.74, 6) is -1.10. The predicted molar refractivity (Wildman–Crippen MR) is 131 cm³/mol. The average molecular weight is 492 g/mol. The van der Waals surface area contributed by atoms with Gasteiger partial charge in [-0.05, 0) is 56.4 Å². The van der Waals surface area contributed by atoms with Crippen molar-refractivity contribution in [3.8, 4) is 5.75 Å². The fraction of sp³-hybridized carbons (Fsp3) is 0.478. The highest BCUT2D eigenvalue weighted by atomic mass is 32.1. The number of nitrogen functional groups attached to an aromatic ring is 1. The number of hydrogen-bond acceptors (Lipinski definition) is 8. The molecule has 1 atom stereocenters. The molecule has 0 fully saturated rings. The third-order valence-electron chi connectivity index (χ3n) is 5.37. The van der Waals surface area contributed by atoms with Gasteiger partial charge >= 0.3 is 0 Å². The molecule has 0 spiro atoms. The molecular formula is C23H33N5O5S. The van der Waals surface area contributed by atoms with Crippen LogP contribution in [0.3, 0.4) is 0 Å². The molecule has 0 saturated heterocycles. The van der Waals surface area contributed by atoms with E-state index in [1.807, 2.05) is 27.7 Å². The van der Waals surface area contributed by atoms with E-state index in [1.54, 1.807) is 24.3 Å². The summed E-state index contributed by atoms with van der Waals surface area (Å²) in [5, 5.41) is 3.02. The first-order chi connectivity index (χ1) is 16.1. The highest BCUT2D eigenvalue weighted by Gasteiger charge is 2.36. The third-order valence-corrected chi connectivity index (χ3v) is 6.22. The lowest BCUT2D eigenvalue weighted by molar-refractivity contribution is -0.127. The number of methoxy groups -OCH3 is 1. The van der Waals surface area contributed by atoms with Gasteiger partial charge in [0.2, 0.25) is 5.91 Å². The van der Waals surface area contributed by atoms with E-state index in [0.29, 0.717) is 24.3 Å². The number of ether oxygens (including phenoxy) is 2. The van der Waals surface area contributed by atoms with Gasteiger partial charge in [0, 0.05) is 19.2 Å². The molecule has 1 aromatic heterocycles. The molecule has 0 aliphatic carbocycles. The van der Waals surface area contributed by atoms with Crippen molar-refractivity contribution in [3.63, 3.8) is 0 Å². The van der Waals surface area contributed by atoms with Gasteiger partial charge < -0.3 is 31.2 Å². The number of nitrogens with one attached hydrogen (secondary N) is 1. The molecule has 11 heteroatoms. The van der Waals surface area contributed by atoms with Crippen molar-refractivity contribution in [2.75, 3.05) is 32.6 Å². The van der Waals surface area contributed by atoms with Crippen molar-refractivity contribution in [2.45, 2.75) is 45.7 Å². The summed E-state index contributed by atoms with van der Waals surface area (Å²) < 4.78 is 14.6. The van der Waals surface area contributed by atoms with Crippen molar-refractivity contribution < 1.29 is 23.9 Å². The van der Waals surface area contributed by atoms with Gasteiger partial charge in [-0.2, -0.15) is 4.37 Å². The normalized spacial score (nSPS) is 12.1. The second-order valence-electron chi connectivity index (χ2n) is 8.26. The summed E-state index contributed by atoms with van der Waals surface area (Å²) in [7, 11) is 1.50. The Morgan fingerprint density at radius 2 is 1.85 bits per heavy atom. The third kappa shape index (κ3) is 6.45. The fourth-order valence-electron chi connectivity index (χ4n) is 3.17. The molecule has 0 bridgehead atoms. The molecule has 1 unspecified atom stereocenters. The summed E-state index contributed by atoms with van der Waals surface area (Å²) in [5.41, 5.74) is 11.1. The second kappa shape index (κ2) is 11.8. The van der Waals surface area contributed by atoms with Crippen LogP contribution < -0.4 is 21.5 Å². The summed E-state index contributed by atoms with van der Waals surface area (Å²) in [6, 6.07) is 5.98. The highest BCUT2D eigenvalue weighted by molar-refractivity contribution is 7.09. The highest BCUT2D eigenvalue weighted by Crippen LogP contribution is 2.30. The number of carbonyl (C=O) groups excluding carboxylic acids is 3. The van der Waals surface area contributed by atoms with Gasteiger partial charge in [0.15, 0.2) is 5.69 Å². The van der Waals surface area contributed by atoms with Gasteiger partial charge in [-0.15, -0.1) is 0 Å². The maximum absolute atomic E-state index is 13.6. The monoisotopic (exact) mass is 491 g/mol. The lowest BCUT2D eigenvalue weighted by atomic mass is 9.98. The lowest BCUT2D eigenvalue weighted by Crippen LogP contribution is -2.50. The van der Waals surface area contributed by atoms with Crippen LogP contribution in [-0.4, -0.2) is 59.4 Å². The maximum Gasteiger partial charge on any atom is 0.270 e. The minimum Gasteiger partial charge on any atom is -0.494 e. The molecule has 1 heterocycles. The fourth-order valence-corrected chi connectivity index (χ4v) is 3.93. The lowest BCUT2D eigenvalue weighted by Gasteiger charge is -2.34. The van der Waals surface area contributed by atoms with Crippen molar-refractivity contribution in [1.29, 1.82) is 0 Å². The summed E-state index contributed by atoms with van der Waals surface area (Å²) in [6.45, 7) is 8.41. The molecule has 2 aromatic rings. The number of primary amides is 1. The Morgan fingerprint density at radius 1 is 1.21 bits per heavy atom. The van der Waals surface area contributed by atoms with Crippen molar-refractivity contribution >= 4 is 34.9 Å². The number of rotatable bonds is 12. The van der Waals surface area contributed by atoms with E-state index in [-0.39, 0.29) is 35.3 Å². The Labute approximate surface area is 203 Å². The first-order valence-corrected chi connectivity index (χ1v) is 11.7. The van der Waals surface area contributed by atoms with Crippen molar-refractivity contribution in [1.82, 2.24) is 14.6 Å². The van der Waals surface area contributed by atoms with E-state index < -0.39 is 23.4 Å². The topological polar surface area (TPSA) is 150 Å². The Morgan fingerprint density at radius 3 is 2.35 bits per heavy atom. The number of carbonyl (C=O) groups is 3. The van der Waals surface area contributed by atoms with Crippen LogP contribution in [0.5, 0.6) is 5.75 Å². The molecule has 3 amide bonds. The first kappa shape index (κ1) is 27.1. The molecule has 2 rings (SSSR count). The minimum atomic E-state index is -0.998. The summed E-state index contributed by atoms with van der Waals surface area (Å²) >= 11 is 0.766. The van der Waals surface area contributed by atoms with E-state index >= 15 is 0 Å². The zero-order chi connectivity index (χ0) is 25.5. The molecule has 186 valence electrons. The number of hydrogen-bond donors (Lipinski definition) is 3. The average Bonchev–Trinajstić information content (AvgIpc) is 3.18. The Kier molecular flexibility index (Phi) is 9.39. The van der Waals surface area contributed by atoms with Crippen LogP contribution >= 0.6 is 11.5 Å². The standard InChI is InChI=1S/C23H33N5O5S/c1-6-23(3,4)26-21(30)18(14-8-10-15(11-9-14)33-7-2)28(12-13-32-5)22(31)19-16(24)17(20(25)29)27-34-19/h8-11,18H,6-7,12-13,24H2,1-5H3,(H2,25,29)(H,26,30). The molecule has 34 heavy (non-hydrogen) atoms. The summed E-state index contributed by atoms with van der Waals surface area (Å²) in [6.07, 6.45) is 0.685. The van der Waals surface area contributed by atoms with Crippen LogP contribution in [0.15, 0.2) is 24.3 Å². The predicted octanol–water partition coefficient (Wildman–Crippen LogP) is 2.36. The van der Waals surface area contributed by atoms with Crippen LogP contribution in [0.4, 0.5) is 5.69 Å². The van der Waals surface area contributed by atoms with Crippen LogP contribution in [-0.2, 0) is 9.53 Å². The maximum atomic E-state index is 13.6. The smallest absolute Gasteiger partial charge is 0.270 e. The quantitative estimate of drug-likeness (QED) is 0.412. The van der Waals surface area contributed by atoms with Gasteiger partial charge in [0.1, 0.15) is 16.7 Å². The van der Waals surface area contributed by atoms with E-state index in [4.69, 9.17) is 20.9 Å². The molecule has 0 saturated carbocycles. The number of aromatic nitrogens is 1. The van der Waals surface area contributed by atoms with Gasteiger partial charge in [-0.3, -0.25) is 14.4 Å². The zero-order valence-corrected chi connectivity index (χ0v) is 21.0. The Hall–Kier alpha value is -3.18. The second-order valence-corrected chi connectivity index (χ2v) is 9.03. The van der Waals surface area contributed by atoms with Crippen LogP contribution in [0.2, 0.25) is 0 Å². The largest absolute Gasteiger partial charge is 0.494 e. The zero-order valence-electron chi connectivity index (χ0n) is 20.2. The van der Waals surface area contributed by atoms with Gasteiger partial charge in [0.25, 0.3) is 11.8 Å². The molecule has 10 nitrogen and oxygen atoms in total. The Bertz CT molecular complexity index is 1010. The number of anilines is 1. The Balaban J connectivity index is 2.57. The van der Waals surface area contributed by atoms with E-state index in [1.165, 1.54) is 12.0 Å². The molecule has 0 aliphatic rings. The molecule has 1 aromatic carbocycles. The number of nitrogens with zero attached hydrogens (tertiary/aromatic N) is 2. The number of nitrogens with two attached hydrogens (primary N) is 2. The SMILES string of the molecule is CCOc1ccc(C(C(=O)NC(C)(C)CC)N(CCOC)C(=O)c2snc(C(N)=O)c2N)cc1. The van der Waals surface area contributed by atoms with Crippen molar-refractivity contribution in [3.05, 3.63) is 40.4 Å². The molecule has 0 radical (unpaired) electrons. The van der Waals surface area contributed by atoms with Crippen molar-refractivity contribution in [2.24, 2.45) is 5.73 Å².